The molecule has 0 aromatic carbocycles. The smallest absolute Gasteiger partial charge is 0.409 e. The summed E-state index contributed by atoms with van der Waals surface area (Å²) in [7, 11) is 1.58. The Bertz CT molecular complexity index is 267. The van der Waals surface area contributed by atoms with Crippen molar-refractivity contribution in [3.8, 4) is 0 Å². The van der Waals surface area contributed by atoms with Crippen LogP contribution >= 0.6 is 0 Å². The first-order valence-corrected chi connectivity index (χ1v) is 6.52. The average Bonchev–Trinajstić information content (AvgIpc) is 2.25. The van der Waals surface area contributed by atoms with Gasteiger partial charge in [-0.2, -0.15) is 0 Å². The van der Waals surface area contributed by atoms with E-state index >= 15 is 0 Å². The van der Waals surface area contributed by atoms with Gasteiger partial charge in [0.25, 0.3) is 0 Å². The summed E-state index contributed by atoms with van der Waals surface area (Å²) in [6, 6.07) is 0. The summed E-state index contributed by atoms with van der Waals surface area (Å²) in [5.41, 5.74) is -0.509. The molecule has 1 rings (SSSR count). The summed E-state index contributed by atoms with van der Waals surface area (Å²) in [5.74, 6) is 0.242. The van der Waals surface area contributed by atoms with E-state index in [1.807, 2.05) is 20.8 Å². The van der Waals surface area contributed by atoms with Gasteiger partial charge in [-0.1, -0.05) is 0 Å². The number of nitrogens with one attached hydrogen (secondary N) is 1. The van der Waals surface area contributed by atoms with Crippen LogP contribution in [0.1, 0.15) is 46.5 Å². The number of carbonyl (C=O) groups is 1. The number of hydrogen-bond acceptors (Lipinski definition) is 4. The molecule has 0 aliphatic heterocycles. The quantitative estimate of drug-likeness (QED) is 0.761. The molecule has 0 saturated heterocycles. The molecule has 18 heavy (non-hydrogen) atoms. The summed E-state index contributed by atoms with van der Waals surface area (Å²) in [6.07, 6.45) is 2.24. The Morgan fingerprint density at radius 1 is 1.28 bits per heavy atom. The van der Waals surface area contributed by atoms with Crippen molar-refractivity contribution >= 4 is 6.09 Å². The molecule has 0 heterocycles. The van der Waals surface area contributed by atoms with E-state index in [2.05, 4.69) is 5.32 Å². The van der Waals surface area contributed by atoms with Gasteiger partial charge in [0.1, 0.15) is 11.8 Å². The molecule has 0 aromatic rings. The van der Waals surface area contributed by atoms with Gasteiger partial charge >= 0.3 is 6.09 Å². The first kappa shape index (κ1) is 15.2. The predicted molar refractivity (Wildman–Crippen MR) is 68.1 cm³/mol. The number of alkyl carbamates (subject to hydrolysis) is 1. The molecule has 1 unspecified atom stereocenters. The van der Waals surface area contributed by atoms with Crippen molar-refractivity contribution in [1.82, 2.24) is 5.32 Å². The molecule has 1 fully saturated rings. The van der Waals surface area contributed by atoms with Crippen LogP contribution in [0.2, 0.25) is 0 Å². The molecule has 1 aliphatic rings. The summed E-state index contributed by atoms with van der Waals surface area (Å²) >= 11 is 0. The standard InChI is InChI=1S/C13H25NO4/c1-13(2,3)18-12(16)14-11(17-4)9-5-7-10(15)8-6-9/h9-11,15H,5-8H2,1-4H3,(H,14,16). The number of methoxy groups -OCH3 is 1. The lowest BCUT2D eigenvalue weighted by Crippen LogP contribution is -2.45. The third kappa shape index (κ3) is 5.23. The van der Waals surface area contributed by atoms with E-state index in [-0.39, 0.29) is 18.2 Å². The Morgan fingerprint density at radius 2 is 1.83 bits per heavy atom. The summed E-state index contributed by atoms with van der Waals surface area (Å²) in [5, 5.41) is 12.2. The van der Waals surface area contributed by atoms with Crippen LogP contribution in [0.4, 0.5) is 4.79 Å². The van der Waals surface area contributed by atoms with Crippen molar-refractivity contribution in [3.63, 3.8) is 0 Å². The lowest BCUT2D eigenvalue weighted by molar-refractivity contribution is -0.0179. The Morgan fingerprint density at radius 3 is 2.28 bits per heavy atom. The highest BCUT2D eigenvalue weighted by Gasteiger charge is 2.29. The Balaban J connectivity index is 2.44. The normalized spacial score (nSPS) is 26.5. The van der Waals surface area contributed by atoms with Crippen molar-refractivity contribution in [2.24, 2.45) is 5.92 Å². The van der Waals surface area contributed by atoms with Crippen LogP contribution in [0.5, 0.6) is 0 Å². The fraction of sp³-hybridized carbons (Fsp3) is 0.923. The molecular formula is C13H25NO4. The van der Waals surface area contributed by atoms with Crippen molar-refractivity contribution < 1.29 is 19.4 Å². The maximum atomic E-state index is 11.7. The Labute approximate surface area is 109 Å². The summed E-state index contributed by atoms with van der Waals surface area (Å²) in [6.45, 7) is 5.47. The molecule has 0 radical (unpaired) electrons. The van der Waals surface area contributed by atoms with Gasteiger partial charge in [0, 0.05) is 13.0 Å². The van der Waals surface area contributed by atoms with Gasteiger partial charge in [-0.3, -0.25) is 5.32 Å². The number of hydrogen-bond donors (Lipinski definition) is 2. The summed E-state index contributed by atoms with van der Waals surface area (Å²) in [4.78, 5) is 11.7. The molecule has 1 aliphatic carbocycles. The van der Waals surface area contributed by atoms with Gasteiger partial charge in [0.05, 0.1) is 6.10 Å². The first-order valence-electron chi connectivity index (χ1n) is 6.52. The lowest BCUT2D eigenvalue weighted by Gasteiger charge is -2.32. The molecule has 0 spiro atoms. The first-order chi connectivity index (χ1) is 8.31. The highest BCUT2D eigenvalue weighted by atomic mass is 16.6. The van der Waals surface area contributed by atoms with Crippen LogP contribution in [0, 0.1) is 5.92 Å². The minimum Gasteiger partial charge on any atom is -0.444 e. The third-order valence-corrected chi connectivity index (χ3v) is 3.08. The van der Waals surface area contributed by atoms with E-state index in [0.29, 0.717) is 0 Å². The molecule has 0 aromatic heterocycles. The molecule has 2 N–H and O–H groups in total. The van der Waals surface area contributed by atoms with Crippen LogP contribution in [-0.4, -0.2) is 36.2 Å². The molecule has 106 valence electrons. The van der Waals surface area contributed by atoms with Gasteiger partial charge in [0.2, 0.25) is 0 Å². The number of rotatable bonds is 3. The Hall–Kier alpha value is -0.810. The van der Waals surface area contributed by atoms with Crippen molar-refractivity contribution in [1.29, 1.82) is 0 Å². The third-order valence-electron chi connectivity index (χ3n) is 3.08. The van der Waals surface area contributed by atoms with E-state index < -0.39 is 11.7 Å². The summed E-state index contributed by atoms with van der Waals surface area (Å²) < 4.78 is 10.5. The van der Waals surface area contributed by atoms with Gasteiger partial charge in [0.15, 0.2) is 0 Å². The number of aliphatic hydroxyl groups excluding tert-OH is 1. The zero-order valence-electron chi connectivity index (χ0n) is 11.7. The van der Waals surface area contributed by atoms with E-state index in [1.165, 1.54) is 0 Å². The van der Waals surface area contributed by atoms with Crippen LogP contribution in [0.15, 0.2) is 0 Å². The number of carbonyl (C=O) groups excluding carboxylic acids is 1. The van der Waals surface area contributed by atoms with Crippen LogP contribution in [0.25, 0.3) is 0 Å². The molecule has 1 atom stereocenters. The topological polar surface area (TPSA) is 67.8 Å². The van der Waals surface area contributed by atoms with Crippen molar-refractivity contribution in [3.05, 3.63) is 0 Å². The number of amides is 1. The zero-order valence-corrected chi connectivity index (χ0v) is 11.7. The number of aliphatic hydroxyl groups is 1. The molecule has 1 saturated carbocycles. The van der Waals surface area contributed by atoms with Gasteiger partial charge < -0.3 is 14.6 Å². The molecular weight excluding hydrogens is 234 g/mol. The largest absolute Gasteiger partial charge is 0.444 e. The van der Waals surface area contributed by atoms with Crippen molar-refractivity contribution in [2.75, 3.05) is 7.11 Å². The monoisotopic (exact) mass is 259 g/mol. The number of ether oxygens (including phenoxy) is 2. The lowest BCUT2D eigenvalue weighted by atomic mass is 9.86. The SMILES string of the molecule is COC(NC(=O)OC(C)(C)C)C1CCC(O)CC1. The average molecular weight is 259 g/mol. The second kappa shape index (κ2) is 6.38. The van der Waals surface area contributed by atoms with E-state index in [9.17, 15) is 9.90 Å². The fourth-order valence-electron chi connectivity index (χ4n) is 2.20. The van der Waals surface area contributed by atoms with Crippen molar-refractivity contribution in [2.45, 2.75) is 64.4 Å². The van der Waals surface area contributed by atoms with Gasteiger partial charge in [-0.05, 0) is 46.5 Å². The highest BCUT2D eigenvalue weighted by Crippen LogP contribution is 2.27. The molecule has 0 bridgehead atoms. The molecule has 1 amide bonds. The van der Waals surface area contributed by atoms with E-state index in [0.717, 1.165) is 25.7 Å². The fourth-order valence-corrected chi connectivity index (χ4v) is 2.20. The zero-order chi connectivity index (χ0) is 13.8. The second-order valence-electron chi connectivity index (χ2n) is 5.87. The maximum absolute atomic E-state index is 11.7. The minimum atomic E-state index is -0.509. The van der Waals surface area contributed by atoms with Gasteiger partial charge in [-0.25, -0.2) is 4.79 Å². The van der Waals surface area contributed by atoms with Crippen LogP contribution in [0.3, 0.4) is 0 Å². The van der Waals surface area contributed by atoms with E-state index in [4.69, 9.17) is 9.47 Å². The minimum absolute atomic E-state index is 0.208. The molecule has 5 heteroatoms. The maximum Gasteiger partial charge on any atom is 0.409 e. The highest BCUT2D eigenvalue weighted by molar-refractivity contribution is 5.67. The second-order valence-corrected chi connectivity index (χ2v) is 5.87. The van der Waals surface area contributed by atoms with Crippen LogP contribution < -0.4 is 5.32 Å². The van der Waals surface area contributed by atoms with Crippen LogP contribution in [-0.2, 0) is 9.47 Å². The van der Waals surface area contributed by atoms with Gasteiger partial charge in [-0.15, -0.1) is 0 Å². The Kier molecular flexibility index (Phi) is 5.41. The molecule has 5 nitrogen and oxygen atoms in total. The van der Waals surface area contributed by atoms with E-state index in [1.54, 1.807) is 7.11 Å². The predicted octanol–water partition coefficient (Wildman–Crippen LogP) is 2.03.